The third-order valence-electron chi connectivity index (χ3n) is 10.7. The number of anilines is 3. The number of hydrogen-bond donors (Lipinski definition) is 0. The van der Waals surface area contributed by atoms with Crippen LogP contribution < -0.4 is 18.0 Å². The van der Waals surface area contributed by atoms with Gasteiger partial charge in [-0.3, -0.25) is 0 Å². The van der Waals surface area contributed by atoms with E-state index in [-0.39, 0.29) is 10.8 Å². The van der Waals surface area contributed by atoms with Crippen LogP contribution in [-0.2, 0) is 10.8 Å². The average Bonchev–Trinajstić information content (AvgIpc) is 3.00. The van der Waals surface area contributed by atoms with Crippen molar-refractivity contribution in [2.45, 2.75) is 122 Å². The molecule has 0 aliphatic rings. The molecule has 2 heteroatoms. The minimum atomic E-state index is -2.01. The first-order valence-corrected chi connectivity index (χ1v) is 21.1. The van der Waals surface area contributed by atoms with E-state index in [1.54, 1.807) is 13.1 Å². The summed E-state index contributed by atoms with van der Waals surface area (Å²) in [7, 11) is 0. The van der Waals surface area contributed by atoms with Gasteiger partial charge in [-0.15, -0.1) is 0 Å². The zero-order valence-electron chi connectivity index (χ0n) is 33.8. The van der Waals surface area contributed by atoms with Crippen LogP contribution in [0.5, 0.6) is 0 Å². The summed E-state index contributed by atoms with van der Waals surface area (Å²) in [4.78, 5) is 2.52. The van der Waals surface area contributed by atoms with Crippen molar-refractivity contribution in [1.29, 1.82) is 0 Å². The number of nitrogens with zero attached hydrogens (tertiary/aromatic N) is 1. The average molecular weight is 726 g/mol. The van der Waals surface area contributed by atoms with Gasteiger partial charge in [-0.05, 0) is 0 Å². The Hall–Kier alpha value is -3.54. The first-order valence-electron chi connectivity index (χ1n) is 18.3. The summed E-state index contributed by atoms with van der Waals surface area (Å²) < 4.78 is 4.76. The summed E-state index contributed by atoms with van der Waals surface area (Å²) in [5.74, 6) is 0. The number of hydrogen-bond acceptors (Lipinski definition) is 1. The van der Waals surface area contributed by atoms with Gasteiger partial charge in [0.2, 0.25) is 0 Å². The number of aryl methyl sites for hydroxylation is 6. The fourth-order valence-electron chi connectivity index (χ4n) is 7.96. The molecule has 0 saturated heterocycles. The van der Waals surface area contributed by atoms with Crippen molar-refractivity contribution in [3.63, 3.8) is 0 Å². The minimum absolute atomic E-state index is 0.0940. The molecule has 5 aromatic carbocycles. The van der Waals surface area contributed by atoms with Gasteiger partial charge in [0.05, 0.1) is 0 Å². The summed E-state index contributed by atoms with van der Waals surface area (Å²) in [6.07, 6.45) is 0. The van der Waals surface area contributed by atoms with Crippen molar-refractivity contribution in [3.05, 3.63) is 140 Å². The first kappa shape index (κ1) is 37.7. The molecule has 0 N–H and O–H groups in total. The molecule has 0 spiro atoms. The monoisotopic (exact) mass is 725 g/mol. The molecule has 0 amide bonds. The van der Waals surface area contributed by atoms with Crippen molar-refractivity contribution in [1.82, 2.24) is 0 Å². The maximum atomic E-state index is 2.52. The van der Waals surface area contributed by atoms with E-state index >= 15 is 0 Å². The van der Waals surface area contributed by atoms with Gasteiger partial charge >= 0.3 is 311 Å². The number of rotatable bonds is 6. The molecular weight excluding hydrogens is 665 g/mol. The van der Waals surface area contributed by atoms with Crippen LogP contribution in [-0.4, -0.2) is 14.7 Å². The van der Waals surface area contributed by atoms with Crippen LogP contribution in [0.3, 0.4) is 0 Å². The summed E-state index contributed by atoms with van der Waals surface area (Å²) in [6, 6.07) is 28.2. The molecule has 0 fully saturated rings. The Kier molecular flexibility index (Phi) is 10.5. The topological polar surface area (TPSA) is 3.24 Å². The fourth-order valence-corrected chi connectivity index (χ4v) is 15.0. The summed E-state index contributed by atoms with van der Waals surface area (Å²) >= 11 is -2.01. The Morgan fingerprint density at radius 3 is 0.980 bits per heavy atom. The van der Waals surface area contributed by atoms with Crippen molar-refractivity contribution in [2.24, 2.45) is 0 Å². The van der Waals surface area contributed by atoms with Crippen LogP contribution in [0.25, 0.3) is 0 Å². The fraction of sp³-hybridized carbons (Fsp3) is 0.375. The van der Waals surface area contributed by atoms with E-state index in [2.05, 4.69) is 188 Å². The van der Waals surface area contributed by atoms with E-state index in [1.165, 1.54) is 83.8 Å². The second-order valence-electron chi connectivity index (χ2n) is 17.0. The number of benzene rings is 5. The normalized spacial score (nSPS) is 12.2. The molecule has 0 aliphatic heterocycles. The van der Waals surface area contributed by atoms with Gasteiger partial charge in [0, 0.05) is 0 Å². The predicted octanol–water partition coefficient (Wildman–Crippen LogP) is 11.4. The molecule has 5 aromatic rings. The molecule has 50 heavy (non-hydrogen) atoms. The molecule has 0 saturated carbocycles. The molecule has 0 bridgehead atoms. The second kappa shape index (κ2) is 13.9. The molecule has 0 heterocycles. The second-order valence-corrected chi connectivity index (χ2v) is 21.2. The Balaban J connectivity index is 1.84. The molecule has 5 rings (SSSR count). The molecule has 262 valence electrons. The van der Waals surface area contributed by atoms with Crippen molar-refractivity contribution >= 4 is 44.8 Å². The Labute approximate surface area is 309 Å². The van der Waals surface area contributed by atoms with Gasteiger partial charge in [-0.25, -0.2) is 0 Å². The van der Waals surface area contributed by atoms with Crippen molar-refractivity contribution < 1.29 is 0 Å². The van der Waals surface area contributed by atoms with Crippen LogP contribution in [0, 0.1) is 69.2 Å². The molecule has 0 aromatic heterocycles. The Morgan fingerprint density at radius 1 is 0.400 bits per heavy atom. The Morgan fingerprint density at radius 2 is 0.700 bits per heavy atom. The quantitative estimate of drug-likeness (QED) is 0.158. The third kappa shape index (κ3) is 7.14. The van der Waals surface area contributed by atoms with Gasteiger partial charge in [-0.2, -0.15) is 0 Å². The van der Waals surface area contributed by atoms with Gasteiger partial charge < -0.3 is 0 Å². The molecule has 0 aliphatic carbocycles. The van der Waals surface area contributed by atoms with E-state index in [9.17, 15) is 0 Å². The third-order valence-corrected chi connectivity index (χ3v) is 17.9. The predicted molar refractivity (Wildman–Crippen MR) is 223 cm³/mol. The van der Waals surface area contributed by atoms with E-state index in [4.69, 9.17) is 0 Å². The molecule has 0 unspecified atom stereocenters. The van der Waals surface area contributed by atoms with E-state index < -0.39 is 14.7 Å². The van der Waals surface area contributed by atoms with E-state index in [1.807, 2.05) is 0 Å². The summed E-state index contributed by atoms with van der Waals surface area (Å²) in [6.45, 7) is 37.2. The van der Waals surface area contributed by atoms with Gasteiger partial charge in [0.1, 0.15) is 0 Å². The standard InChI is InChI=1S/C48H60AsN/c1-29-25-31(3)43(32(4)26-29)49(44-33(5)27-30(2)28-34(44)6)45-35(7)37(9)46(38(10)36(45)8)50(41-21-17-39(18-22-41)47(11,12)13)42-23-19-40(20-24-42)48(14,15)16/h17-28H,1-16H3. The zero-order valence-corrected chi connectivity index (χ0v) is 35.7. The molecular formula is C48H60AsN. The molecule has 0 radical (unpaired) electrons. The summed E-state index contributed by atoms with van der Waals surface area (Å²) in [5.41, 5.74) is 20.6. The van der Waals surface area contributed by atoms with Gasteiger partial charge in [0.15, 0.2) is 0 Å². The SMILES string of the molecule is Cc1cc(C)c([As](c2c(C)cc(C)cc2C)c2c(C)c(C)c(N(c3ccc(C(C)(C)C)cc3)c3ccc(C(C)(C)C)cc3)c(C)c2C)c(C)c1. The van der Waals surface area contributed by atoms with Crippen LogP contribution >= 0.6 is 0 Å². The van der Waals surface area contributed by atoms with Crippen LogP contribution in [0.4, 0.5) is 17.1 Å². The van der Waals surface area contributed by atoms with Gasteiger partial charge in [0.25, 0.3) is 0 Å². The zero-order chi connectivity index (χ0) is 37.0. The summed E-state index contributed by atoms with van der Waals surface area (Å²) in [5, 5.41) is 0. The molecule has 0 atom stereocenters. The van der Waals surface area contributed by atoms with Gasteiger partial charge in [-0.1, -0.05) is 0 Å². The van der Waals surface area contributed by atoms with Crippen LogP contribution in [0.2, 0.25) is 0 Å². The Bertz CT molecular complexity index is 1860. The van der Waals surface area contributed by atoms with E-state index in [0.29, 0.717) is 0 Å². The van der Waals surface area contributed by atoms with Crippen LogP contribution in [0.1, 0.15) is 108 Å². The molecule has 1 nitrogen and oxygen atoms in total. The maximum absolute atomic E-state index is 2.52. The van der Waals surface area contributed by atoms with Crippen LogP contribution in [0.15, 0.2) is 72.8 Å². The first-order chi connectivity index (χ1) is 23.2. The van der Waals surface area contributed by atoms with Crippen molar-refractivity contribution in [2.75, 3.05) is 4.90 Å². The van der Waals surface area contributed by atoms with E-state index in [0.717, 1.165) is 0 Å². The van der Waals surface area contributed by atoms with Crippen molar-refractivity contribution in [3.8, 4) is 0 Å².